The van der Waals surface area contributed by atoms with E-state index in [4.69, 9.17) is 4.74 Å². The Hall–Kier alpha value is -2.61. The van der Waals surface area contributed by atoms with E-state index in [-0.39, 0.29) is 6.03 Å². The number of rotatable bonds is 8. The van der Waals surface area contributed by atoms with Crippen molar-refractivity contribution in [3.63, 3.8) is 0 Å². The first-order valence-electron chi connectivity index (χ1n) is 11.5. The number of nitrogens with one attached hydrogen (secondary N) is 2. The standard InChI is InChI=1S/C23H33N5O3/c29-22(15-19-8-14-31-17-19)27-11-6-18(7-12-27)3-1-2-9-25-23(30)26-20-4-5-21-24-10-13-28(21)16-20/h4-5,10,13,16,18-19H,1-3,6-9,11-12,14-15,17H2,(H2,25,26,30). The van der Waals surface area contributed by atoms with Crippen LogP contribution in [-0.2, 0) is 9.53 Å². The molecule has 3 amide bonds. The van der Waals surface area contributed by atoms with Gasteiger partial charge in [0, 0.05) is 57.9 Å². The van der Waals surface area contributed by atoms with Crippen LogP contribution in [0.1, 0.15) is 44.9 Å². The molecule has 1 unspecified atom stereocenters. The fraction of sp³-hybridized carbons (Fsp3) is 0.609. The van der Waals surface area contributed by atoms with Crippen LogP contribution in [0, 0.1) is 11.8 Å². The first-order valence-corrected chi connectivity index (χ1v) is 11.5. The fourth-order valence-electron chi connectivity index (χ4n) is 4.52. The van der Waals surface area contributed by atoms with Crippen LogP contribution in [0.15, 0.2) is 30.7 Å². The summed E-state index contributed by atoms with van der Waals surface area (Å²) >= 11 is 0. The van der Waals surface area contributed by atoms with Gasteiger partial charge in [-0.25, -0.2) is 9.78 Å². The van der Waals surface area contributed by atoms with E-state index in [1.807, 2.05) is 33.8 Å². The van der Waals surface area contributed by atoms with Gasteiger partial charge < -0.3 is 24.7 Å². The second-order valence-corrected chi connectivity index (χ2v) is 8.75. The van der Waals surface area contributed by atoms with Gasteiger partial charge in [0.2, 0.25) is 5.91 Å². The SMILES string of the molecule is O=C(NCCCCC1CCN(C(=O)CC2CCOC2)CC1)Nc1ccc2nccn2c1. The third kappa shape index (κ3) is 6.19. The molecule has 4 rings (SSSR count). The van der Waals surface area contributed by atoms with Crippen molar-refractivity contribution >= 4 is 23.3 Å². The van der Waals surface area contributed by atoms with Gasteiger partial charge in [-0.1, -0.05) is 12.8 Å². The zero-order chi connectivity index (χ0) is 21.5. The summed E-state index contributed by atoms with van der Waals surface area (Å²) in [4.78, 5) is 30.7. The minimum absolute atomic E-state index is 0.182. The van der Waals surface area contributed by atoms with E-state index in [1.54, 1.807) is 6.20 Å². The molecule has 0 aliphatic carbocycles. The maximum Gasteiger partial charge on any atom is 0.319 e. The van der Waals surface area contributed by atoms with Gasteiger partial charge in [0.15, 0.2) is 0 Å². The van der Waals surface area contributed by atoms with Crippen molar-refractivity contribution in [1.82, 2.24) is 19.6 Å². The number of urea groups is 1. The molecule has 8 heteroatoms. The molecule has 2 aliphatic heterocycles. The summed E-state index contributed by atoms with van der Waals surface area (Å²) in [7, 11) is 0. The zero-order valence-electron chi connectivity index (χ0n) is 18.1. The lowest BCUT2D eigenvalue weighted by molar-refractivity contribution is -0.133. The number of imidazole rings is 1. The third-order valence-corrected chi connectivity index (χ3v) is 6.43. The van der Waals surface area contributed by atoms with Gasteiger partial charge in [-0.05, 0) is 49.7 Å². The highest BCUT2D eigenvalue weighted by Crippen LogP contribution is 2.24. The van der Waals surface area contributed by atoms with Gasteiger partial charge in [-0.2, -0.15) is 0 Å². The molecule has 0 saturated carbocycles. The van der Waals surface area contributed by atoms with Gasteiger partial charge in [0.25, 0.3) is 0 Å². The van der Waals surface area contributed by atoms with Gasteiger partial charge >= 0.3 is 6.03 Å². The van der Waals surface area contributed by atoms with E-state index in [1.165, 1.54) is 6.42 Å². The Morgan fingerprint density at radius 2 is 2.00 bits per heavy atom. The van der Waals surface area contributed by atoms with Crippen LogP contribution in [0.4, 0.5) is 10.5 Å². The molecule has 8 nitrogen and oxygen atoms in total. The first-order chi connectivity index (χ1) is 15.2. The molecule has 0 aromatic carbocycles. The molecule has 31 heavy (non-hydrogen) atoms. The van der Waals surface area contributed by atoms with Gasteiger partial charge in [-0.15, -0.1) is 0 Å². The number of anilines is 1. The molecule has 2 aromatic rings. The zero-order valence-corrected chi connectivity index (χ0v) is 18.1. The lowest BCUT2D eigenvalue weighted by atomic mass is 9.91. The van der Waals surface area contributed by atoms with Crippen molar-refractivity contribution in [2.75, 3.05) is 38.2 Å². The molecule has 168 valence electrons. The number of likely N-dealkylation sites (tertiary alicyclic amines) is 1. The van der Waals surface area contributed by atoms with Crippen LogP contribution in [-0.4, -0.2) is 59.1 Å². The van der Waals surface area contributed by atoms with Crippen molar-refractivity contribution in [3.05, 3.63) is 30.7 Å². The molecule has 2 aromatic heterocycles. The highest BCUT2D eigenvalue weighted by atomic mass is 16.5. The van der Waals surface area contributed by atoms with Crippen LogP contribution in [0.25, 0.3) is 5.65 Å². The average molecular weight is 428 g/mol. The second-order valence-electron chi connectivity index (χ2n) is 8.75. The molecule has 2 fully saturated rings. The van der Waals surface area contributed by atoms with E-state index in [9.17, 15) is 9.59 Å². The summed E-state index contributed by atoms with van der Waals surface area (Å²) in [6.45, 7) is 3.99. The maximum absolute atomic E-state index is 12.4. The second kappa shape index (κ2) is 10.6. The maximum atomic E-state index is 12.4. The van der Waals surface area contributed by atoms with E-state index < -0.39 is 0 Å². The lowest BCUT2D eigenvalue weighted by Gasteiger charge is -2.32. The first kappa shape index (κ1) is 21.6. The smallest absolute Gasteiger partial charge is 0.319 e. The van der Waals surface area contributed by atoms with Crippen molar-refractivity contribution in [2.45, 2.75) is 44.9 Å². The number of aromatic nitrogens is 2. The molecule has 4 heterocycles. The normalized spacial score (nSPS) is 19.6. The Kier molecular flexibility index (Phi) is 7.40. The number of nitrogens with zero attached hydrogens (tertiary/aromatic N) is 3. The predicted molar refractivity (Wildman–Crippen MR) is 119 cm³/mol. The summed E-state index contributed by atoms with van der Waals surface area (Å²) in [6, 6.07) is 3.54. The number of fused-ring (bicyclic) bond motifs is 1. The predicted octanol–water partition coefficient (Wildman–Crippen LogP) is 3.29. The molecule has 0 bridgehead atoms. The summed E-state index contributed by atoms with van der Waals surface area (Å²) in [6.07, 6.45) is 12.5. The fourth-order valence-corrected chi connectivity index (χ4v) is 4.52. The van der Waals surface area contributed by atoms with Crippen LogP contribution in [0.3, 0.4) is 0 Å². The van der Waals surface area contributed by atoms with Crippen LogP contribution in [0.5, 0.6) is 0 Å². The van der Waals surface area contributed by atoms with Crippen LogP contribution < -0.4 is 10.6 Å². The number of piperidine rings is 1. The number of ether oxygens (including phenoxy) is 1. The number of carbonyl (C=O) groups is 2. The monoisotopic (exact) mass is 427 g/mol. The Balaban J connectivity index is 1.06. The average Bonchev–Trinajstić information content (AvgIpc) is 3.45. The summed E-state index contributed by atoms with van der Waals surface area (Å²) < 4.78 is 7.25. The van der Waals surface area contributed by atoms with Crippen molar-refractivity contribution in [1.29, 1.82) is 0 Å². The molecular weight excluding hydrogens is 394 g/mol. The Morgan fingerprint density at radius 1 is 1.13 bits per heavy atom. The Morgan fingerprint density at radius 3 is 2.81 bits per heavy atom. The van der Waals surface area contributed by atoms with E-state index >= 15 is 0 Å². The van der Waals surface area contributed by atoms with Crippen molar-refractivity contribution in [2.24, 2.45) is 11.8 Å². The number of hydrogen-bond acceptors (Lipinski definition) is 4. The highest BCUT2D eigenvalue weighted by Gasteiger charge is 2.26. The molecule has 2 N–H and O–H groups in total. The minimum Gasteiger partial charge on any atom is -0.381 e. The topological polar surface area (TPSA) is 88.0 Å². The van der Waals surface area contributed by atoms with E-state index in [0.717, 1.165) is 69.7 Å². The van der Waals surface area contributed by atoms with Crippen LogP contribution >= 0.6 is 0 Å². The molecule has 2 saturated heterocycles. The van der Waals surface area contributed by atoms with Gasteiger partial charge in [-0.3, -0.25) is 4.79 Å². The summed E-state index contributed by atoms with van der Waals surface area (Å²) in [5, 5.41) is 5.79. The number of pyridine rings is 1. The highest BCUT2D eigenvalue weighted by molar-refractivity contribution is 5.89. The molecular formula is C23H33N5O3. The Bertz CT molecular complexity index is 869. The molecule has 0 spiro atoms. The summed E-state index contributed by atoms with van der Waals surface area (Å²) in [5.74, 6) is 1.41. The quantitative estimate of drug-likeness (QED) is 0.633. The van der Waals surface area contributed by atoms with Crippen molar-refractivity contribution < 1.29 is 14.3 Å². The van der Waals surface area contributed by atoms with Crippen molar-refractivity contribution in [3.8, 4) is 0 Å². The number of carbonyl (C=O) groups excluding carboxylic acids is 2. The minimum atomic E-state index is -0.182. The molecule has 1 atom stereocenters. The Labute approximate surface area is 183 Å². The van der Waals surface area contributed by atoms with Gasteiger partial charge in [0.05, 0.1) is 5.69 Å². The number of amides is 3. The number of hydrogen-bond donors (Lipinski definition) is 2. The summed E-state index contributed by atoms with van der Waals surface area (Å²) in [5.41, 5.74) is 1.59. The lowest BCUT2D eigenvalue weighted by Crippen LogP contribution is -2.39. The van der Waals surface area contributed by atoms with Gasteiger partial charge in [0.1, 0.15) is 5.65 Å². The molecule has 2 aliphatic rings. The van der Waals surface area contributed by atoms with Crippen LogP contribution in [0.2, 0.25) is 0 Å². The third-order valence-electron chi connectivity index (χ3n) is 6.43. The van der Waals surface area contributed by atoms with E-state index in [2.05, 4.69) is 15.6 Å². The largest absolute Gasteiger partial charge is 0.381 e. The van der Waals surface area contributed by atoms with E-state index in [0.29, 0.717) is 30.7 Å². The molecule has 0 radical (unpaired) electrons. The number of unbranched alkanes of at least 4 members (excludes halogenated alkanes) is 1.